The fraction of sp³-hybridized carbons (Fsp3) is 0.346. The molecule has 1 fully saturated rings. The monoisotopic (exact) mass is 466 g/mol. The van der Waals surface area contributed by atoms with Crippen LogP contribution < -0.4 is 10.1 Å². The summed E-state index contributed by atoms with van der Waals surface area (Å²) in [5.74, 6) is 1.10. The van der Waals surface area contributed by atoms with Crippen molar-refractivity contribution in [3.8, 4) is 11.5 Å². The first-order valence-corrected chi connectivity index (χ1v) is 11.6. The van der Waals surface area contributed by atoms with Gasteiger partial charge in [-0.2, -0.15) is 0 Å². The Morgan fingerprint density at radius 2 is 2.09 bits per heavy atom. The largest absolute Gasteiger partial charge is 0.457 e. The van der Waals surface area contributed by atoms with Crippen LogP contribution in [0.5, 0.6) is 11.5 Å². The molecule has 1 atom stereocenters. The number of hydrogen-bond acceptors (Lipinski definition) is 5. The molecular formula is C26H27ClN2O4. The SMILES string of the molecule is CCC(=O)Cc1ccc(Oc2ccnc3cc(C)c(C(=O)NC[C@H]4CCCO4)cc23)cc1Cl. The number of carbonyl (C=O) groups excluding carboxylic acids is 2. The van der Waals surface area contributed by atoms with E-state index in [1.165, 1.54) is 0 Å². The predicted octanol–water partition coefficient (Wildman–Crippen LogP) is 5.42. The first-order valence-electron chi connectivity index (χ1n) is 11.2. The molecule has 0 saturated carbocycles. The van der Waals surface area contributed by atoms with E-state index in [4.69, 9.17) is 21.1 Å². The molecule has 1 aliphatic heterocycles. The van der Waals surface area contributed by atoms with Crippen molar-refractivity contribution in [3.63, 3.8) is 0 Å². The first kappa shape index (κ1) is 23.2. The number of rotatable bonds is 8. The van der Waals surface area contributed by atoms with Crippen molar-refractivity contribution in [1.29, 1.82) is 0 Å². The molecule has 7 heteroatoms. The molecule has 0 spiro atoms. The van der Waals surface area contributed by atoms with E-state index in [1.807, 2.05) is 32.0 Å². The van der Waals surface area contributed by atoms with Gasteiger partial charge in [-0.05, 0) is 61.2 Å². The highest BCUT2D eigenvalue weighted by molar-refractivity contribution is 6.31. The minimum atomic E-state index is -0.146. The van der Waals surface area contributed by atoms with E-state index in [2.05, 4.69) is 10.3 Å². The summed E-state index contributed by atoms with van der Waals surface area (Å²) in [5.41, 5.74) is 2.92. The molecule has 0 radical (unpaired) electrons. The zero-order valence-corrected chi connectivity index (χ0v) is 19.6. The highest BCUT2D eigenvalue weighted by Crippen LogP contribution is 2.33. The molecule has 1 aliphatic rings. The molecule has 33 heavy (non-hydrogen) atoms. The number of nitrogens with zero attached hydrogens (tertiary/aromatic N) is 1. The van der Waals surface area contributed by atoms with Gasteiger partial charge in [0.05, 0.1) is 11.6 Å². The van der Waals surface area contributed by atoms with Gasteiger partial charge in [0.1, 0.15) is 17.3 Å². The van der Waals surface area contributed by atoms with Crippen molar-refractivity contribution in [2.75, 3.05) is 13.2 Å². The van der Waals surface area contributed by atoms with Crippen LogP contribution in [0.25, 0.3) is 10.9 Å². The van der Waals surface area contributed by atoms with Gasteiger partial charge in [-0.15, -0.1) is 0 Å². The number of nitrogens with one attached hydrogen (secondary N) is 1. The zero-order valence-electron chi connectivity index (χ0n) is 18.8. The van der Waals surface area contributed by atoms with Crippen LogP contribution in [0.15, 0.2) is 42.6 Å². The van der Waals surface area contributed by atoms with E-state index in [0.29, 0.717) is 41.5 Å². The van der Waals surface area contributed by atoms with Crippen LogP contribution >= 0.6 is 11.6 Å². The summed E-state index contributed by atoms with van der Waals surface area (Å²) in [7, 11) is 0. The molecule has 0 bridgehead atoms. The second-order valence-electron chi connectivity index (χ2n) is 8.26. The van der Waals surface area contributed by atoms with Crippen molar-refractivity contribution in [2.45, 2.75) is 45.6 Å². The van der Waals surface area contributed by atoms with Gasteiger partial charge in [0.15, 0.2) is 0 Å². The summed E-state index contributed by atoms with van der Waals surface area (Å²) < 4.78 is 11.7. The molecule has 1 aromatic heterocycles. The standard InChI is InChI=1S/C26H27ClN2O4/c1-3-18(30)12-17-6-7-19(13-23(17)27)33-25-8-9-28-24-11-16(2)21(14-22(24)25)26(31)29-15-20-5-4-10-32-20/h6-9,11,13-14,20H,3-5,10,12,15H2,1-2H3,(H,29,31)/t20-/m1/s1. The van der Waals surface area contributed by atoms with Crippen LogP contribution in [0.4, 0.5) is 0 Å². The lowest BCUT2D eigenvalue weighted by atomic mass is 10.0. The normalized spacial score (nSPS) is 15.5. The minimum Gasteiger partial charge on any atom is -0.457 e. The Hall–Kier alpha value is -2.96. The van der Waals surface area contributed by atoms with Crippen LogP contribution in [0.3, 0.4) is 0 Å². The Balaban J connectivity index is 1.57. The van der Waals surface area contributed by atoms with E-state index < -0.39 is 0 Å². The summed E-state index contributed by atoms with van der Waals surface area (Å²) in [6.07, 6.45) is 4.52. The van der Waals surface area contributed by atoms with E-state index in [0.717, 1.165) is 41.5 Å². The summed E-state index contributed by atoms with van der Waals surface area (Å²) >= 11 is 6.38. The van der Waals surface area contributed by atoms with Crippen molar-refractivity contribution in [1.82, 2.24) is 10.3 Å². The maximum Gasteiger partial charge on any atom is 0.251 e. The van der Waals surface area contributed by atoms with Crippen molar-refractivity contribution >= 4 is 34.2 Å². The molecule has 172 valence electrons. The zero-order chi connectivity index (χ0) is 23.4. The van der Waals surface area contributed by atoms with Gasteiger partial charge in [0.2, 0.25) is 0 Å². The van der Waals surface area contributed by atoms with Gasteiger partial charge in [-0.1, -0.05) is 24.6 Å². The number of fused-ring (bicyclic) bond motifs is 1. The highest BCUT2D eigenvalue weighted by Gasteiger charge is 2.18. The summed E-state index contributed by atoms with van der Waals surface area (Å²) in [4.78, 5) is 29.0. The van der Waals surface area contributed by atoms with Gasteiger partial charge in [0.25, 0.3) is 5.91 Å². The fourth-order valence-corrected chi connectivity index (χ4v) is 4.15. The number of pyridine rings is 1. The number of hydrogen-bond donors (Lipinski definition) is 1. The molecule has 0 aliphatic carbocycles. The number of amides is 1. The fourth-order valence-electron chi connectivity index (χ4n) is 3.91. The smallest absolute Gasteiger partial charge is 0.251 e. The molecule has 1 N–H and O–H groups in total. The van der Waals surface area contributed by atoms with Gasteiger partial charge >= 0.3 is 0 Å². The number of aromatic nitrogens is 1. The number of halogens is 1. The lowest BCUT2D eigenvalue weighted by Gasteiger charge is -2.14. The first-order chi connectivity index (χ1) is 15.9. The Bertz CT molecular complexity index is 1190. The maximum absolute atomic E-state index is 12.9. The van der Waals surface area contributed by atoms with E-state index in [-0.39, 0.29) is 17.8 Å². The molecule has 3 aromatic rings. The van der Waals surface area contributed by atoms with Crippen LogP contribution in [-0.4, -0.2) is 35.9 Å². The van der Waals surface area contributed by atoms with Gasteiger partial charge in [-0.3, -0.25) is 14.6 Å². The van der Waals surface area contributed by atoms with E-state index in [9.17, 15) is 9.59 Å². The quantitative estimate of drug-likeness (QED) is 0.479. The van der Waals surface area contributed by atoms with Crippen molar-refractivity contribution < 1.29 is 19.1 Å². The third kappa shape index (κ3) is 5.52. The van der Waals surface area contributed by atoms with E-state index in [1.54, 1.807) is 24.4 Å². The predicted molar refractivity (Wildman–Crippen MR) is 128 cm³/mol. The number of ketones is 1. The lowest BCUT2D eigenvalue weighted by molar-refractivity contribution is -0.118. The third-order valence-corrected chi connectivity index (χ3v) is 6.19. The van der Waals surface area contributed by atoms with Gasteiger partial charge in [0, 0.05) is 48.2 Å². The van der Waals surface area contributed by atoms with Gasteiger partial charge in [-0.25, -0.2) is 0 Å². The van der Waals surface area contributed by atoms with Crippen LogP contribution in [-0.2, 0) is 16.0 Å². The maximum atomic E-state index is 12.9. The molecule has 2 aromatic carbocycles. The van der Waals surface area contributed by atoms with Crippen molar-refractivity contribution in [2.24, 2.45) is 0 Å². The second kappa shape index (κ2) is 10.3. The summed E-state index contributed by atoms with van der Waals surface area (Å²) in [5, 5.41) is 4.19. The lowest BCUT2D eigenvalue weighted by Crippen LogP contribution is -2.32. The third-order valence-electron chi connectivity index (χ3n) is 5.84. The Morgan fingerprint density at radius 1 is 1.24 bits per heavy atom. The van der Waals surface area contributed by atoms with Gasteiger partial charge < -0.3 is 14.8 Å². The summed E-state index contributed by atoms with van der Waals surface area (Å²) in [6, 6.07) is 10.8. The number of benzene rings is 2. The molecule has 1 saturated heterocycles. The molecule has 2 heterocycles. The minimum absolute atomic E-state index is 0.0793. The number of ether oxygens (including phenoxy) is 2. The Morgan fingerprint density at radius 3 is 2.82 bits per heavy atom. The van der Waals surface area contributed by atoms with Crippen LogP contribution in [0.1, 0.15) is 47.7 Å². The number of aryl methyl sites for hydroxylation is 1. The Kier molecular flexibility index (Phi) is 7.26. The van der Waals surface area contributed by atoms with E-state index >= 15 is 0 Å². The number of Topliss-reactive ketones (excluding diaryl/α,β-unsaturated/α-hetero) is 1. The van der Waals surface area contributed by atoms with Crippen LogP contribution in [0, 0.1) is 6.92 Å². The van der Waals surface area contributed by atoms with Crippen LogP contribution in [0.2, 0.25) is 5.02 Å². The molecule has 4 rings (SSSR count). The number of carbonyl (C=O) groups is 2. The second-order valence-corrected chi connectivity index (χ2v) is 8.67. The average Bonchev–Trinajstić information content (AvgIpc) is 3.32. The van der Waals surface area contributed by atoms with Crippen molar-refractivity contribution in [3.05, 3.63) is 64.3 Å². The molecule has 6 nitrogen and oxygen atoms in total. The molecule has 0 unspecified atom stereocenters. The molecular weight excluding hydrogens is 440 g/mol. The topological polar surface area (TPSA) is 77.5 Å². The highest BCUT2D eigenvalue weighted by atomic mass is 35.5. The molecule has 1 amide bonds. The summed E-state index contributed by atoms with van der Waals surface area (Å²) in [6.45, 7) is 4.98. The Labute approximate surface area is 198 Å². The average molecular weight is 467 g/mol.